The Kier molecular flexibility index (Phi) is 3.87. The number of halogens is 1. The topological polar surface area (TPSA) is 35.2 Å². The molecule has 2 nitrogen and oxygen atoms in total. The number of ether oxygens (including phenoxy) is 1. The van der Waals surface area contributed by atoms with Crippen LogP contribution in [0.15, 0.2) is 12.2 Å². The Labute approximate surface area is 55.1 Å². The highest BCUT2D eigenvalue weighted by Crippen LogP contribution is 1.91. The van der Waals surface area contributed by atoms with Gasteiger partial charge in [0, 0.05) is 6.04 Å². The molecule has 48 valence electrons. The first-order chi connectivity index (χ1) is 3.39. The van der Waals surface area contributed by atoms with Gasteiger partial charge in [0.25, 0.3) is 0 Å². The lowest BCUT2D eigenvalue weighted by Gasteiger charge is -2.10. The van der Waals surface area contributed by atoms with Gasteiger partial charge in [-0.05, 0) is 0 Å². The van der Waals surface area contributed by atoms with E-state index >= 15 is 0 Å². The van der Waals surface area contributed by atoms with Gasteiger partial charge in [0.1, 0.15) is 0 Å². The van der Waals surface area contributed by atoms with Crippen molar-refractivity contribution in [1.82, 2.24) is 0 Å². The molecule has 0 bridgehead atoms. The van der Waals surface area contributed by atoms with E-state index in [2.05, 4.69) is 0 Å². The van der Waals surface area contributed by atoms with Crippen LogP contribution >= 0.6 is 12.4 Å². The number of rotatable bonds is 0. The van der Waals surface area contributed by atoms with Crippen molar-refractivity contribution in [3.63, 3.8) is 0 Å². The zero-order chi connectivity index (χ0) is 5.11. The number of hydrogen-bond acceptors (Lipinski definition) is 2. The highest BCUT2D eigenvalue weighted by molar-refractivity contribution is 5.85. The second-order valence-electron chi connectivity index (χ2n) is 1.63. The van der Waals surface area contributed by atoms with Crippen molar-refractivity contribution in [2.24, 2.45) is 5.73 Å². The molecule has 0 saturated carbocycles. The number of nitrogens with two attached hydrogens (primary N) is 1. The van der Waals surface area contributed by atoms with Gasteiger partial charge in [-0.1, -0.05) is 12.2 Å². The maximum atomic E-state index is 5.42. The molecule has 0 aromatic heterocycles. The first-order valence-corrected chi connectivity index (χ1v) is 2.39. The lowest BCUT2D eigenvalue weighted by atomic mass is 10.3. The summed E-state index contributed by atoms with van der Waals surface area (Å²) >= 11 is 0. The quantitative estimate of drug-likeness (QED) is 0.486. The first-order valence-electron chi connectivity index (χ1n) is 2.39. The normalized spacial score (nSPS) is 26.9. The van der Waals surface area contributed by atoms with Crippen molar-refractivity contribution in [1.29, 1.82) is 0 Å². The molecule has 0 saturated heterocycles. The monoisotopic (exact) mass is 135 g/mol. The van der Waals surface area contributed by atoms with Gasteiger partial charge in [-0.25, -0.2) is 0 Å². The van der Waals surface area contributed by atoms with Crippen LogP contribution in [0, 0.1) is 0 Å². The van der Waals surface area contributed by atoms with Gasteiger partial charge in [-0.15, -0.1) is 12.4 Å². The SMILES string of the molecule is Cl.NC1C=CCOC1. The fourth-order valence-corrected chi connectivity index (χ4v) is 0.558. The maximum absolute atomic E-state index is 5.42. The van der Waals surface area contributed by atoms with E-state index in [0.717, 1.165) is 6.61 Å². The fourth-order valence-electron chi connectivity index (χ4n) is 0.558. The Morgan fingerprint density at radius 2 is 2.38 bits per heavy atom. The van der Waals surface area contributed by atoms with Gasteiger partial charge in [-0.3, -0.25) is 0 Å². The molecule has 0 aromatic carbocycles. The second-order valence-corrected chi connectivity index (χ2v) is 1.63. The highest BCUT2D eigenvalue weighted by Gasteiger charge is 1.99. The summed E-state index contributed by atoms with van der Waals surface area (Å²) in [6.45, 7) is 1.41. The van der Waals surface area contributed by atoms with E-state index in [-0.39, 0.29) is 18.4 Å². The van der Waals surface area contributed by atoms with Crippen LogP contribution in [-0.4, -0.2) is 19.3 Å². The van der Waals surface area contributed by atoms with Crippen molar-refractivity contribution in [3.8, 4) is 0 Å². The van der Waals surface area contributed by atoms with Crippen LogP contribution in [0.1, 0.15) is 0 Å². The van der Waals surface area contributed by atoms with Crippen LogP contribution in [0.5, 0.6) is 0 Å². The van der Waals surface area contributed by atoms with E-state index < -0.39 is 0 Å². The smallest absolute Gasteiger partial charge is 0.0657 e. The molecule has 1 aliphatic heterocycles. The molecular weight excluding hydrogens is 126 g/mol. The molecule has 0 fully saturated rings. The Morgan fingerprint density at radius 1 is 1.62 bits per heavy atom. The maximum Gasteiger partial charge on any atom is 0.0657 e. The van der Waals surface area contributed by atoms with Gasteiger partial charge >= 0.3 is 0 Å². The van der Waals surface area contributed by atoms with Crippen LogP contribution in [-0.2, 0) is 4.74 Å². The minimum absolute atomic E-state index is 0. The average molecular weight is 136 g/mol. The van der Waals surface area contributed by atoms with E-state index in [9.17, 15) is 0 Å². The summed E-state index contributed by atoms with van der Waals surface area (Å²) in [5.74, 6) is 0. The van der Waals surface area contributed by atoms with Gasteiger partial charge < -0.3 is 10.5 Å². The summed E-state index contributed by atoms with van der Waals surface area (Å²) in [5.41, 5.74) is 5.42. The van der Waals surface area contributed by atoms with E-state index in [1.54, 1.807) is 0 Å². The zero-order valence-corrected chi connectivity index (χ0v) is 5.36. The predicted octanol–water partition coefficient (Wildman–Crippen LogP) is 0.322. The minimum atomic E-state index is 0. The standard InChI is InChI=1S/C5H9NO.ClH/c6-5-2-1-3-7-4-5;/h1-2,5H,3-4,6H2;1H. The average Bonchev–Trinajstić information content (AvgIpc) is 1.69. The summed E-state index contributed by atoms with van der Waals surface area (Å²) in [6.07, 6.45) is 3.90. The Balaban J connectivity index is 0.000000490. The Morgan fingerprint density at radius 3 is 2.62 bits per heavy atom. The van der Waals surface area contributed by atoms with Crippen LogP contribution in [0.4, 0.5) is 0 Å². The van der Waals surface area contributed by atoms with Gasteiger partial charge in [0.15, 0.2) is 0 Å². The lowest BCUT2D eigenvalue weighted by Crippen LogP contribution is -2.26. The molecule has 0 aromatic rings. The van der Waals surface area contributed by atoms with Crippen LogP contribution in [0.25, 0.3) is 0 Å². The molecule has 0 spiro atoms. The molecular formula is C5H10ClNO. The van der Waals surface area contributed by atoms with E-state index in [1.165, 1.54) is 0 Å². The summed E-state index contributed by atoms with van der Waals surface area (Å²) in [7, 11) is 0. The summed E-state index contributed by atoms with van der Waals surface area (Å²) in [4.78, 5) is 0. The Bertz CT molecular complexity index is 84.5. The predicted molar refractivity (Wildman–Crippen MR) is 35.2 cm³/mol. The molecule has 1 rings (SSSR count). The van der Waals surface area contributed by atoms with Gasteiger partial charge in [0.2, 0.25) is 0 Å². The second kappa shape index (κ2) is 3.89. The third-order valence-corrected chi connectivity index (χ3v) is 0.908. The number of hydrogen-bond donors (Lipinski definition) is 1. The molecule has 2 N–H and O–H groups in total. The van der Waals surface area contributed by atoms with Crippen molar-refractivity contribution in [2.45, 2.75) is 6.04 Å². The lowest BCUT2D eigenvalue weighted by molar-refractivity contribution is 0.147. The molecule has 3 heteroatoms. The first kappa shape index (κ1) is 7.95. The summed E-state index contributed by atoms with van der Waals surface area (Å²) < 4.78 is 4.97. The fraction of sp³-hybridized carbons (Fsp3) is 0.600. The van der Waals surface area contributed by atoms with E-state index in [0.29, 0.717) is 6.61 Å². The molecule has 8 heavy (non-hydrogen) atoms. The third kappa shape index (κ3) is 2.31. The summed E-state index contributed by atoms with van der Waals surface area (Å²) in [6, 6.07) is 0.133. The van der Waals surface area contributed by atoms with Crippen LogP contribution in [0.3, 0.4) is 0 Å². The molecule has 0 amide bonds. The molecule has 0 aliphatic carbocycles. The molecule has 1 heterocycles. The van der Waals surface area contributed by atoms with Gasteiger partial charge in [0.05, 0.1) is 13.2 Å². The van der Waals surface area contributed by atoms with E-state index in [1.807, 2.05) is 12.2 Å². The van der Waals surface area contributed by atoms with E-state index in [4.69, 9.17) is 10.5 Å². The molecule has 1 atom stereocenters. The van der Waals surface area contributed by atoms with Crippen molar-refractivity contribution in [2.75, 3.05) is 13.2 Å². The van der Waals surface area contributed by atoms with Crippen molar-refractivity contribution in [3.05, 3.63) is 12.2 Å². The van der Waals surface area contributed by atoms with Crippen LogP contribution < -0.4 is 5.73 Å². The third-order valence-electron chi connectivity index (χ3n) is 0.908. The van der Waals surface area contributed by atoms with Gasteiger partial charge in [-0.2, -0.15) is 0 Å². The molecule has 1 aliphatic rings. The largest absolute Gasteiger partial charge is 0.375 e. The molecule has 0 radical (unpaired) electrons. The highest BCUT2D eigenvalue weighted by atomic mass is 35.5. The van der Waals surface area contributed by atoms with Crippen LogP contribution in [0.2, 0.25) is 0 Å². The van der Waals surface area contributed by atoms with Crippen molar-refractivity contribution >= 4 is 12.4 Å². The summed E-state index contributed by atoms with van der Waals surface area (Å²) in [5, 5.41) is 0. The van der Waals surface area contributed by atoms with Crippen molar-refractivity contribution < 1.29 is 4.74 Å². The Hall–Kier alpha value is -0.0500. The zero-order valence-electron chi connectivity index (χ0n) is 4.54. The minimum Gasteiger partial charge on any atom is -0.375 e. The molecule has 1 unspecified atom stereocenters.